The molecule has 1 fully saturated rings. The number of rotatable bonds is 1. The number of allylic oxidation sites excluding steroid dienone is 1. The molecule has 4 heteroatoms. The normalized spacial score (nSPS) is 34.6. The van der Waals surface area contributed by atoms with Gasteiger partial charge in [0.05, 0.1) is 24.4 Å². The van der Waals surface area contributed by atoms with E-state index in [1.165, 1.54) is 37.7 Å². The smallest absolute Gasteiger partial charge is 0.191 e. The summed E-state index contributed by atoms with van der Waals surface area (Å²) in [4.78, 5) is 3.66. The van der Waals surface area contributed by atoms with Crippen LogP contribution in [0, 0.1) is 17.9 Å². The minimum Gasteiger partial charge on any atom is -0.399 e. The largest absolute Gasteiger partial charge is 0.399 e. The average Bonchev–Trinajstić information content (AvgIpc) is 3.05. The Labute approximate surface area is 150 Å². The molecule has 0 saturated heterocycles. The maximum atomic E-state index is 10.7. The van der Waals surface area contributed by atoms with E-state index in [4.69, 9.17) is 11.7 Å². The van der Waals surface area contributed by atoms with E-state index in [1.54, 1.807) is 0 Å². The molecular weight excluding hydrogens is 310 g/mol. The molecule has 0 aliphatic heterocycles. The number of hydrogen-bond donors (Lipinski definition) is 1. The van der Waals surface area contributed by atoms with Gasteiger partial charge in [0.1, 0.15) is 0 Å². The topological polar surface area (TPSA) is 42.4 Å². The molecule has 1 heterocycles. The number of nitrogens with zero attached hydrogens (tertiary/aromatic N) is 3. The first-order valence-corrected chi connectivity index (χ1v) is 9.74. The Hall–Kier alpha value is -1.60. The molecular formula is C21H29N3O. The van der Waals surface area contributed by atoms with Crippen LogP contribution in [0.3, 0.4) is 0 Å². The summed E-state index contributed by atoms with van der Waals surface area (Å²) in [5.41, 5.74) is 2.42. The molecule has 4 rings (SSSR count). The predicted octanol–water partition coefficient (Wildman–Crippen LogP) is 4.41. The first-order valence-electron chi connectivity index (χ1n) is 9.74. The molecule has 4 nitrogen and oxygen atoms in total. The van der Waals surface area contributed by atoms with Gasteiger partial charge < -0.3 is 5.11 Å². The second kappa shape index (κ2) is 5.71. The summed E-state index contributed by atoms with van der Waals surface area (Å²) in [5, 5.41) is 15.8. The van der Waals surface area contributed by atoms with Crippen LogP contribution in [0.1, 0.15) is 76.6 Å². The van der Waals surface area contributed by atoms with Gasteiger partial charge in [0.2, 0.25) is 0 Å². The molecule has 0 spiro atoms. The molecule has 0 radical (unpaired) electrons. The Bertz CT molecular complexity index is 748. The lowest BCUT2D eigenvalue weighted by molar-refractivity contribution is -0.0110. The minimum atomic E-state index is -0.676. The summed E-state index contributed by atoms with van der Waals surface area (Å²) in [5.74, 6) is 0.308. The number of aryl methyl sites for hydroxylation is 1. The minimum absolute atomic E-state index is 0.254. The molecule has 25 heavy (non-hydrogen) atoms. The Kier molecular flexibility index (Phi) is 3.85. The van der Waals surface area contributed by atoms with Crippen molar-refractivity contribution in [3.05, 3.63) is 40.6 Å². The standard InChI is InChI=1S/C21H29N3O/c1-20(2)17-11-10-14-13-24(15-8-6-5-7-9-15)23-18(14)21(17,3)12-16(22-4)19(20)25/h12-13,15,17,19,25H,5-11H2,1-3H3/t17-,19?,21-/m0/s1. The van der Waals surface area contributed by atoms with Gasteiger partial charge in [-0.3, -0.25) is 4.68 Å². The van der Waals surface area contributed by atoms with Crippen LogP contribution >= 0.6 is 0 Å². The van der Waals surface area contributed by atoms with Crippen LogP contribution in [0.15, 0.2) is 18.0 Å². The van der Waals surface area contributed by atoms with Crippen LogP contribution in [0.2, 0.25) is 0 Å². The lowest BCUT2D eigenvalue weighted by Crippen LogP contribution is -2.52. The maximum Gasteiger partial charge on any atom is 0.191 e. The molecule has 1 unspecified atom stereocenters. The van der Waals surface area contributed by atoms with E-state index in [0.717, 1.165) is 18.5 Å². The molecule has 134 valence electrons. The first-order chi connectivity index (χ1) is 11.9. The van der Waals surface area contributed by atoms with E-state index in [0.29, 0.717) is 17.7 Å². The van der Waals surface area contributed by atoms with E-state index >= 15 is 0 Å². The highest BCUT2D eigenvalue weighted by Gasteiger charge is 2.54. The molecule has 1 aromatic heterocycles. The lowest BCUT2D eigenvalue weighted by Gasteiger charge is -2.52. The maximum absolute atomic E-state index is 10.7. The number of hydrogen-bond acceptors (Lipinski definition) is 2. The third-order valence-corrected chi connectivity index (χ3v) is 7.15. The summed E-state index contributed by atoms with van der Waals surface area (Å²) in [6.45, 7) is 14.0. The SMILES string of the molecule is [C-]#[N+]C1=C[C@]2(C)c3nn(C4CCCCC4)cc3CC[C@H]2C(C)(C)C1O. The quantitative estimate of drug-likeness (QED) is 0.770. The van der Waals surface area contributed by atoms with E-state index in [-0.39, 0.29) is 10.8 Å². The number of aromatic nitrogens is 2. The van der Waals surface area contributed by atoms with Crippen molar-refractivity contribution in [1.29, 1.82) is 0 Å². The van der Waals surface area contributed by atoms with Crippen LogP contribution in [0.25, 0.3) is 4.85 Å². The summed E-state index contributed by atoms with van der Waals surface area (Å²) in [6, 6.07) is 0.535. The first kappa shape index (κ1) is 16.8. The van der Waals surface area contributed by atoms with Gasteiger partial charge in [0.15, 0.2) is 5.70 Å². The summed E-state index contributed by atoms with van der Waals surface area (Å²) >= 11 is 0. The van der Waals surface area contributed by atoms with E-state index in [9.17, 15) is 5.11 Å². The van der Waals surface area contributed by atoms with Gasteiger partial charge in [-0.15, -0.1) is 0 Å². The third-order valence-electron chi connectivity index (χ3n) is 7.15. The molecule has 0 amide bonds. The van der Waals surface area contributed by atoms with Crippen LogP contribution in [-0.2, 0) is 11.8 Å². The second-order valence-corrected chi connectivity index (χ2v) is 9.05. The van der Waals surface area contributed by atoms with Crippen molar-refractivity contribution < 1.29 is 5.11 Å². The molecule has 1 N–H and O–H groups in total. The fourth-order valence-corrected chi connectivity index (χ4v) is 5.73. The van der Waals surface area contributed by atoms with Crippen molar-refractivity contribution in [3.8, 4) is 0 Å². The summed E-state index contributed by atoms with van der Waals surface area (Å²) in [6.07, 6.45) is 12.1. The Balaban J connectivity index is 1.80. The summed E-state index contributed by atoms with van der Waals surface area (Å²) < 4.78 is 2.22. The van der Waals surface area contributed by atoms with Crippen molar-refractivity contribution in [1.82, 2.24) is 9.78 Å². The van der Waals surface area contributed by atoms with Crippen LogP contribution in [0.4, 0.5) is 0 Å². The van der Waals surface area contributed by atoms with Gasteiger partial charge in [-0.05, 0) is 42.6 Å². The molecule has 3 aliphatic rings. The van der Waals surface area contributed by atoms with Crippen molar-refractivity contribution in [2.24, 2.45) is 11.3 Å². The molecule has 0 bridgehead atoms. The molecule has 0 aromatic carbocycles. The van der Waals surface area contributed by atoms with E-state index < -0.39 is 6.10 Å². The van der Waals surface area contributed by atoms with E-state index in [1.807, 2.05) is 6.08 Å². The number of aliphatic hydroxyl groups excluding tert-OH is 1. The second-order valence-electron chi connectivity index (χ2n) is 9.05. The highest BCUT2D eigenvalue weighted by molar-refractivity contribution is 5.42. The zero-order valence-electron chi connectivity index (χ0n) is 15.6. The van der Waals surface area contributed by atoms with Gasteiger partial charge in [0.25, 0.3) is 0 Å². The van der Waals surface area contributed by atoms with E-state index in [2.05, 4.69) is 36.5 Å². The fraction of sp³-hybridized carbons (Fsp3) is 0.714. The zero-order chi connectivity index (χ0) is 17.8. The number of aliphatic hydroxyl groups is 1. The Morgan fingerprint density at radius 1 is 1.20 bits per heavy atom. The van der Waals surface area contributed by atoms with Gasteiger partial charge >= 0.3 is 0 Å². The average molecular weight is 339 g/mol. The van der Waals surface area contributed by atoms with Gasteiger partial charge in [-0.1, -0.05) is 46.1 Å². The van der Waals surface area contributed by atoms with Gasteiger partial charge in [-0.25, -0.2) is 4.85 Å². The summed E-state index contributed by atoms with van der Waals surface area (Å²) in [7, 11) is 0. The number of fused-ring (bicyclic) bond motifs is 3. The van der Waals surface area contributed by atoms with Crippen molar-refractivity contribution in [3.63, 3.8) is 0 Å². The Morgan fingerprint density at radius 3 is 2.60 bits per heavy atom. The molecule has 3 atom stereocenters. The van der Waals surface area contributed by atoms with Crippen LogP contribution < -0.4 is 0 Å². The predicted molar refractivity (Wildman–Crippen MR) is 98.0 cm³/mol. The monoisotopic (exact) mass is 339 g/mol. The highest BCUT2D eigenvalue weighted by atomic mass is 16.3. The highest BCUT2D eigenvalue weighted by Crippen LogP contribution is 2.56. The van der Waals surface area contributed by atoms with Crippen molar-refractivity contribution in [2.75, 3.05) is 0 Å². The Morgan fingerprint density at radius 2 is 1.92 bits per heavy atom. The third kappa shape index (κ3) is 2.39. The molecule has 1 saturated carbocycles. The molecule has 1 aromatic rings. The molecule has 3 aliphatic carbocycles. The lowest BCUT2D eigenvalue weighted by atomic mass is 9.53. The van der Waals surface area contributed by atoms with Crippen molar-refractivity contribution >= 4 is 0 Å². The fourth-order valence-electron chi connectivity index (χ4n) is 5.73. The van der Waals surface area contributed by atoms with Crippen LogP contribution in [-0.4, -0.2) is 21.0 Å². The van der Waals surface area contributed by atoms with Gasteiger partial charge in [0, 0.05) is 11.6 Å². The van der Waals surface area contributed by atoms with Crippen LogP contribution in [0.5, 0.6) is 0 Å². The van der Waals surface area contributed by atoms with Crippen molar-refractivity contribution in [2.45, 2.75) is 83.3 Å². The zero-order valence-corrected chi connectivity index (χ0v) is 15.6. The van der Waals surface area contributed by atoms with Gasteiger partial charge in [-0.2, -0.15) is 5.10 Å².